The first-order valence-corrected chi connectivity index (χ1v) is 16.8. The Morgan fingerprint density at radius 1 is 0.978 bits per heavy atom. The molecule has 4 fully saturated rings. The molecule has 1 aliphatic heterocycles. The van der Waals surface area contributed by atoms with Gasteiger partial charge in [0, 0.05) is 22.4 Å². The molecule has 1 aromatic heterocycles. The molecule has 2 amide bonds. The van der Waals surface area contributed by atoms with Gasteiger partial charge in [-0.2, -0.15) is 0 Å². The van der Waals surface area contributed by atoms with Crippen LogP contribution in [0.5, 0.6) is 5.75 Å². The molecule has 0 spiro atoms. The van der Waals surface area contributed by atoms with E-state index in [1.807, 2.05) is 41.0 Å². The number of rotatable bonds is 11. The van der Waals surface area contributed by atoms with E-state index in [1.165, 1.54) is 6.42 Å². The largest absolute Gasteiger partial charge is 0.497 e. The molecule has 2 heterocycles. The van der Waals surface area contributed by atoms with Gasteiger partial charge in [-0.25, -0.2) is 0 Å². The summed E-state index contributed by atoms with van der Waals surface area (Å²) in [4.78, 5) is 27.7. The van der Waals surface area contributed by atoms with Crippen molar-refractivity contribution >= 4 is 40.7 Å². The molecule has 3 aromatic rings. The lowest BCUT2D eigenvalue weighted by atomic mass is 9.43. The Labute approximate surface area is 268 Å². The van der Waals surface area contributed by atoms with Crippen molar-refractivity contribution in [3.63, 3.8) is 0 Å². The van der Waals surface area contributed by atoms with Crippen LogP contribution in [0.4, 0.5) is 0 Å². The van der Waals surface area contributed by atoms with E-state index in [4.69, 9.17) is 14.0 Å². The first-order valence-electron chi connectivity index (χ1n) is 16.8. The summed E-state index contributed by atoms with van der Waals surface area (Å²) in [5.74, 6) is 1.65. The lowest BCUT2D eigenvalue weighted by Crippen LogP contribution is -2.65. The fourth-order valence-electron chi connectivity index (χ4n) is 8.51. The molecule has 242 valence electrons. The number of fused-ring (bicyclic) bond motifs is 3. The minimum Gasteiger partial charge on any atom is -0.497 e. The smallest absolute Gasteiger partial charge is 0.481 e. The Bertz CT molecular complexity index is 1580. The van der Waals surface area contributed by atoms with Crippen LogP contribution in [-0.2, 0) is 25.4 Å². The van der Waals surface area contributed by atoms with Crippen molar-refractivity contribution in [2.45, 2.75) is 104 Å². The Morgan fingerprint density at radius 2 is 1.69 bits per heavy atom. The maximum atomic E-state index is 14.0. The first kappa shape index (κ1) is 31.9. The van der Waals surface area contributed by atoms with Gasteiger partial charge >= 0.3 is 7.12 Å². The molecule has 1 saturated heterocycles. The van der Waals surface area contributed by atoms with Gasteiger partial charge in [0.25, 0.3) is 0 Å². The van der Waals surface area contributed by atoms with Crippen molar-refractivity contribution in [1.29, 1.82) is 0 Å². The highest BCUT2D eigenvalue weighted by atomic mass is 16.7. The zero-order valence-electron chi connectivity index (χ0n) is 28.2. The van der Waals surface area contributed by atoms with E-state index in [0.717, 1.165) is 40.4 Å². The number of methoxy groups -OCH3 is 1. The lowest BCUT2D eigenvalue weighted by molar-refractivity contribution is -0.199. The summed E-state index contributed by atoms with van der Waals surface area (Å²) in [7, 11) is 1.13. The van der Waals surface area contributed by atoms with Crippen molar-refractivity contribution in [2.24, 2.45) is 29.1 Å². The minimum absolute atomic E-state index is 0.0434. The summed E-state index contributed by atoms with van der Waals surface area (Å²) in [6.07, 6.45) is 3.47. The van der Waals surface area contributed by atoms with Gasteiger partial charge in [0.2, 0.25) is 11.8 Å². The maximum absolute atomic E-state index is 14.0. The second-order valence-corrected chi connectivity index (χ2v) is 15.3. The average Bonchev–Trinajstić information content (AvgIpc) is 3.50. The third-order valence-corrected chi connectivity index (χ3v) is 11.0. The normalized spacial score (nSPS) is 26.5. The molecule has 45 heavy (non-hydrogen) atoms. The quantitative estimate of drug-likeness (QED) is 0.253. The van der Waals surface area contributed by atoms with Crippen LogP contribution in [0.1, 0.15) is 74.1 Å². The van der Waals surface area contributed by atoms with Gasteiger partial charge in [0.1, 0.15) is 18.3 Å². The maximum Gasteiger partial charge on any atom is 0.481 e. The van der Waals surface area contributed by atoms with Crippen LogP contribution >= 0.6 is 0 Å². The van der Waals surface area contributed by atoms with Gasteiger partial charge in [-0.05, 0) is 79.9 Å². The summed E-state index contributed by atoms with van der Waals surface area (Å²) < 4.78 is 20.9. The van der Waals surface area contributed by atoms with Crippen molar-refractivity contribution in [3.8, 4) is 5.75 Å². The summed E-state index contributed by atoms with van der Waals surface area (Å²) >= 11 is 0. The fraction of sp³-hybridized carbons (Fsp3) is 0.611. The molecule has 4 aliphatic rings. The van der Waals surface area contributed by atoms with Crippen LogP contribution < -0.4 is 15.4 Å². The number of hydrogen-bond acceptors (Lipinski definition) is 5. The van der Waals surface area contributed by atoms with E-state index < -0.39 is 13.2 Å². The third kappa shape index (κ3) is 5.75. The van der Waals surface area contributed by atoms with Crippen LogP contribution in [0.2, 0.25) is 0 Å². The molecule has 3 saturated carbocycles. The third-order valence-electron chi connectivity index (χ3n) is 11.0. The van der Waals surface area contributed by atoms with Crippen LogP contribution in [0.25, 0.3) is 21.8 Å². The van der Waals surface area contributed by atoms with Gasteiger partial charge < -0.3 is 29.2 Å². The number of hydrogen-bond donors (Lipinski definition) is 2. The van der Waals surface area contributed by atoms with Crippen LogP contribution in [-0.4, -0.2) is 54.3 Å². The highest BCUT2D eigenvalue weighted by Gasteiger charge is 2.68. The van der Waals surface area contributed by atoms with Gasteiger partial charge in [-0.15, -0.1) is 0 Å². The lowest BCUT2D eigenvalue weighted by Gasteiger charge is -2.64. The number of para-hydroxylation sites is 1. The number of nitrogens with zero attached hydrogens (tertiary/aromatic N) is 1. The number of carbonyl (C=O) groups is 2. The summed E-state index contributed by atoms with van der Waals surface area (Å²) in [6, 6.07) is 13.3. The molecule has 6 atom stereocenters. The zero-order chi connectivity index (χ0) is 32.3. The molecule has 9 heteroatoms. The fourth-order valence-corrected chi connectivity index (χ4v) is 8.51. The highest BCUT2D eigenvalue weighted by molar-refractivity contribution is 6.48. The van der Waals surface area contributed by atoms with Gasteiger partial charge in [-0.3, -0.25) is 9.59 Å². The van der Waals surface area contributed by atoms with E-state index in [-0.39, 0.29) is 47.3 Å². The summed E-state index contributed by atoms with van der Waals surface area (Å²) in [5, 5.41) is 8.50. The van der Waals surface area contributed by atoms with Gasteiger partial charge in [-0.1, -0.05) is 59.7 Å². The molecule has 2 aromatic carbocycles. The highest BCUT2D eigenvalue weighted by Crippen LogP contribution is 2.65. The van der Waals surface area contributed by atoms with Crippen LogP contribution in [0.15, 0.2) is 42.5 Å². The number of benzene rings is 2. The van der Waals surface area contributed by atoms with Gasteiger partial charge in [0.05, 0.1) is 30.3 Å². The Morgan fingerprint density at radius 3 is 2.38 bits per heavy atom. The Balaban J connectivity index is 1.20. The predicted molar refractivity (Wildman–Crippen MR) is 179 cm³/mol. The number of aromatic nitrogens is 1. The van der Waals surface area contributed by atoms with E-state index in [0.29, 0.717) is 24.2 Å². The van der Waals surface area contributed by atoms with Crippen LogP contribution in [0, 0.1) is 29.1 Å². The molecule has 2 bridgehead atoms. The number of amides is 2. The Hall–Kier alpha value is -3.04. The zero-order valence-corrected chi connectivity index (χ0v) is 28.2. The monoisotopic (exact) mass is 615 g/mol. The molecule has 7 rings (SSSR count). The predicted octanol–water partition coefficient (Wildman–Crippen LogP) is 6.13. The molecule has 3 aliphatic carbocycles. The number of ether oxygens (including phenoxy) is 1. The van der Waals surface area contributed by atoms with E-state index in [9.17, 15) is 9.59 Å². The van der Waals surface area contributed by atoms with Crippen molar-refractivity contribution < 1.29 is 23.6 Å². The average molecular weight is 616 g/mol. The molecular weight excluding hydrogens is 565 g/mol. The first-order chi connectivity index (χ1) is 21.3. The van der Waals surface area contributed by atoms with E-state index >= 15 is 0 Å². The second kappa shape index (κ2) is 12.0. The summed E-state index contributed by atoms with van der Waals surface area (Å²) in [5.41, 5.74) is 1.77. The number of carbonyl (C=O) groups excluding carboxylic acids is 2. The van der Waals surface area contributed by atoms with E-state index in [1.54, 1.807) is 7.11 Å². The van der Waals surface area contributed by atoms with E-state index in [2.05, 4.69) is 65.2 Å². The molecule has 8 nitrogen and oxygen atoms in total. The minimum atomic E-state index is -0.680. The van der Waals surface area contributed by atoms with Crippen molar-refractivity contribution in [1.82, 2.24) is 15.2 Å². The molecule has 0 radical (unpaired) electrons. The van der Waals surface area contributed by atoms with Crippen molar-refractivity contribution in [2.75, 3.05) is 7.11 Å². The molecular formula is C36H50BN3O5. The number of nitrogens with one attached hydrogen (secondary N) is 2. The van der Waals surface area contributed by atoms with Crippen molar-refractivity contribution in [3.05, 3.63) is 42.5 Å². The molecule has 0 unspecified atom stereocenters. The van der Waals surface area contributed by atoms with Crippen LogP contribution in [0.3, 0.4) is 0 Å². The molecule has 2 N–H and O–H groups in total. The SMILES string of the molecule is COc1ccc2c3ccccc3n(CC(=O)N[C@@H](CC(C)C)C(=O)N[C@@H](CC(C)C)B3O[C@@H]4C[C@@H]5C[C@@H](C5(C)C)[C@]4(C)O3)c2c1. The summed E-state index contributed by atoms with van der Waals surface area (Å²) in [6.45, 7) is 15.4. The van der Waals surface area contributed by atoms with Gasteiger partial charge in [0.15, 0.2) is 0 Å². The second-order valence-electron chi connectivity index (χ2n) is 15.3. The standard InChI is InChI=1S/C36H50BN3O5/c1-21(2)15-27(38-33(41)20-40-28-12-10-9-11-25(28)26-14-13-24(43-8)19-29(26)40)34(42)39-32(16-22(3)4)37-44-31-18-23-17-30(35(23,5)6)36(31,7)45-37/h9-14,19,21-23,27,30-32H,15-18,20H2,1-8H3,(H,38,41)(H,39,42)/t23-,27-,30-,31+,32-,36-/m0/s1. The Kier molecular flexibility index (Phi) is 8.49. The topological polar surface area (TPSA) is 90.8 Å².